The number of rotatable bonds is 6. The van der Waals surface area contributed by atoms with Gasteiger partial charge in [0.25, 0.3) is 0 Å². The van der Waals surface area contributed by atoms with Gasteiger partial charge < -0.3 is 14.8 Å². The van der Waals surface area contributed by atoms with Crippen molar-refractivity contribution in [3.8, 4) is 11.5 Å². The topological polar surface area (TPSA) is 72.0 Å². The van der Waals surface area contributed by atoms with E-state index in [0.717, 1.165) is 11.3 Å². The lowest BCUT2D eigenvalue weighted by Crippen LogP contribution is -2.23. The number of hydrazone groups is 1. The van der Waals surface area contributed by atoms with Crippen LogP contribution in [0.25, 0.3) is 0 Å². The van der Waals surface area contributed by atoms with Crippen LogP contribution in [0.2, 0.25) is 5.02 Å². The number of thiocarbonyl (C=S) groups is 1. The molecule has 3 aromatic carbocycles. The summed E-state index contributed by atoms with van der Waals surface area (Å²) in [4.78, 5) is 12.3. The Kier molecular flexibility index (Phi) is 7.37. The molecule has 0 heterocycles. The van der Waals surface area contributed by atoms with E-state index in [-0.39, 0.29) is 0 Å². The zero-order chi connectivity index (χ0) is 21.3. The van der Waals surface area contributed by atoms with Crippen LogP contribution in [0.4, 0.5) is 5.69 Å². The fraction of sp³-hybridized carbons (Fsp3) is 0.0455. The largest absolute Gasteiger partial charge is 0.497 e. The number of methoxy groups -OCH3 is 1. The van der Waals surface area contributed by atoms with Gasteiger partial charge in [0, 0.05) is 10.7 Å². The molecule has 152 valence electrons. The minimum Gasteiger partial charge on any atom is -0.497 e. The number of nitrogens with zero attached hydrogens (tertiary/aromatic N) is 1. The molecule has 0 unspecified atom stereocenters. The minimum atomic E-state index is -0.461. The van der Waals surface area contributed by atoms with Gasteiger partial charge >= 0.3 is 5.97 Å². The average molecular weight is 440 g/mol. The van der Waals surface area contributed by atoms with Crippen molar-refractivity contribution < 1.29 is 14.3 Å². The Morgan fingerprint density at radius 1 is 1.03 bits per heavy atom. The van der Waals surface area contributed by atoms with Gasteiger partial charge in [-0.05, 0) is 72.4 Å². The number of carbonyl (C=O) groups is 1. The molecule has 0 fully saturated rings. The van der Waals surface area contributed by atoms with Crippen molar-refractivity contribution in [1.82, 2.24) is 5.43 Å². The third kappa shape index (κ3) is 6.30. The van der Waals surface area contributed by atoms with Gasteiger partial charge in [0.1, 0.15) is 11.5 Å². The number of benzene rings is 3. The molecule has 8 heteroatoms. The molecule has 0 aliphatic heterocycles. The Hall–Kier alpha value is -3.42. The van der Waals surface area contributed by atoms with Gasteiger partial charge in [-0.3, -0.25) is 5.43 Å². The van der Waals surface area contributed by atoms with Crippen LogP contribution < -0.4 is 20.2 Å². The average Bonchev–Trinajstić information content (AvgIpc) is 2.74. The molecule has 0 aliphatic carbocycles. The first-order chi connectivity index (χ1) is 14.5. The summed E-state index contributed by atoms with van der Waals surface area (Å²) in [6.07, 6.45) is 1.57. The fourth-order valence-corrected chi connectivity index (χ4v) is 2.80. The number of ether oxygens (including phenoxy) is 2. The van der Waals surface area contributed by atoms with Crippen molar-refractivity contribution in [3.05, 3.63) is 88.9 Å². The number of halogens is 1. The minimum absolute atomic E-state index is 0.315. The van der Waals surface area contributed by atoms with E-state index < -0.39 is 5.97 Å². The zero-order valence-electron chi connectivity index (χ0n) is 16.0. The molecule has 0 atom stereocenters. The molecule has 0 aromatic heterocycles. The quantitative estimate of drug-likeness (QED) is 0.187. The molecule has 0 amide bonds. The highest BCUT2D eigenvalue weighted by Gasteiger charge is 2.09. The number of nitrogens with one attached hydrogen (secondary N) is 2. The van der Waals surface area contributed by atoms with E-state index in [1.807, 2.05) is 18.2 Å². The Balaban J connectivity index is 1.56. The Morgan fingerprint density at radius 2 is 1.80 bits per heavy atom. The summed E-state index contributed by atoms with van der Waals surface area (Å²) < 4.78 is 10.5. The monoisotopic (exact) mass is 439 g/mol. The number of carbonyl (C=O) groups excluding carboxylic acids is 1. The second-order valence-electron chi connectivity index (χ2n) is 6.02. The Labute approximate surface area is 184 Å². The van der Waals surface area contributed by atoms with Gasteiger partial charge in [0.05, 0.1) is 18.9 Å². The molecular formula is C22H18ClN3O3S. The van der Waals surface area contributed by atoms with Crippen molar-refractivity contribution in [2.24, 2.45) is 5.10 Å². The lowest BCUT2D eigenvalue weighted by Gasteiger charge is -2.07. The summed E-state index contributed by atoms with van der Waals surface area (Å²) in [7, 11) is 1.56. The van der Waals surface area contributed by atoms with Gasteiger partial charge in [-0.2, -0.15) is 5.10 Å². The smallest absolute Gasteiger partial charge is 0.343 e. The van der Waals surface area contributed by atoms with Crippen LogP contribution in [0.1, 0.15) is 15.9 Å². The zero-order valence-corrected chi connectivity index (χ0v) is 17.5. The summed E-state index contributed by atoms with van der Waals surface area (Å²) >= 11 is 11.1. The van der Waals surface area contributed by atoms with Gasteiger partial charge in [0.15, 0.2) is 5.11 Å². The Bertz CT molecular complexity index is 1070. The van der Waals surface area contributed by atoms with Gasteiger partial charge in [-0.1, -0.05) is 29.8 Å². The van der Waals surface area contributed by atoms with Gasteiger partial charge in [0.2, 0.25) is 0 Å². The van der Waals surface area contributed by atoms with Crippen LogP contribution in [0.15, 0.2) is 77.9 Å². The van der Waals surface area contributed by atoms with Crippen LogP contribution in [0, 0.1) is 0 Å². The first-order valence-electron chi connectivity index (χ1n) is 8.85. The van der Waals surface area contributed by atoms with E-state index in [2.05, 4.69) is 15.8 Å². The van der Waals surface area contributed by atoms with Crippen LogP contribution in [0.5, 0.6) is 11.5 Å². The lowest BCUT2D eigenvalue weighted by molar-refractivity contribution is 0.0734. The standard InChI is InChI=1S/C22H18ClN3O3S/c1-28-19-10-8-16(9-11-19)21(27)29-20-7-2-4-15(12-20)14-24-26-22(30)25-18-6-3-5-17(23)13-18/h2-14H,1H3,(H2,25,26,30)/b24-14-. The third-order valence-electron chi connectivity index (χ3n) is 3.86. The van der Waals surface area contributed by atoms with Crippen LogP contribution >= 0.6 is 23.8 Å². The molecule has 0 spiro atoms. The van der Waals surface area contributed by atoms with Crippen molar-refractivity contribution in [2.75, 3.05) is 12.4 Å². The van der Waals surface area contributed by atoms with Crippen molar-refractivity contribution >= 4 is 46.8 Å². The number of anilines is 1. The van der Waals surface area contributed by atoms with Crippen molar-refractivity contribution in [2.45, 2.75) is 0 Å². The highest BCUT2D eigenvalue weighted by Crippen LogP contribution is 2.17. The summed E-state index contributed by atoms with van der Waals surface area (Å²) in [5.41, 5.74) is 4.63. The highest BCUT2D eigenvalue weighted by atomic mass is 35.5. The predicted molar refractivity (Wildman–Crippen MR) is 123 cm³/mol. The van der Waals surface area contributed by atoms with E-state index >= 15 is 0 Å². The van der Waals surface area contributed by atoms with Crippen molar-refractivity contribution in [3.63, 3.8) is 0 Å². The SMILES string of the molecule is COc1ccc(C(=O)Oc2cccc(/C=N\NC(=S)Nc3cccc(Cl)c3)c2)cc1. The normalized spacial score (nSPS) is 10.5. The van der Waals surface area contributed by atoms with Crippen LogP contribution in [-0.2, 0) is 0 Å². The number of hydrogen-bond acceptors (Lipinski definition) is 5. The molecule has 3 aromatic rings. The molecule has 0 aliphatic rings. The maximum atomic E-state index is 12.3. The predicted octanol–water partition coefficient (Wildman–Crippen LogP) is 4.89. The fourth-order valence-electron chi connectivity index (χ4n) is 2.44. The van der Waals surface area contributed by atoms with Crippen molar-refractivity contribution in [1.29, 1.82) is 0 Å². The summed E-state index contributed by atoms with van der Waals surface area (Å²) in [5, 5.41) is 7.99. The first-order valence-corrected chi connectivity index (χ1v) is 9.64. The number of hydrogen-bond donors (Lipinski definition) is 2. The van der Waals surface area contributed by atoms with E-state index in [0.29, 0.717) is 27.2 Å². The first kappa shape index (κ1) is 21.3. The molecule has 2 N–H and O–H groups in total. The second-order valence-corrected chi connectivity index (χ2v) is 6.87. The molecule has 6 nitrogen and oxygen atoms in total. The summed E-state index contributed by atoms with van der Waals surface area (Å²) in [6.45, 7) is 0. The van der Waals surface area contributed by atoms with Crippen LogP contribution in [-0.4, -0.2) is 24.4 Å². The molecule has 0 saturated carbocycles. The third-order valence-corrected chi connectivity index (χ3v) is 4.29. The molecule has 3 rings (SSSR count). The van der Waals surface area contributed by atoms with E-state index in [4.69, 9.17) is 33.3 Å². The summed E-state index contributed by atoms with van der Waals surface area (Å²) in [6, 6.07) is 20.8. The lowest BCUT2D eigenvalue weighted by atomic mass is 10.2. The maximum Gasteiger partial charge on any atom is 0.343 e. The second kappa shape index (κ2) is 10.4. The van der Waals surface area contributed by atoms with E-state index in [9.17, 15) is 4.79 Å². The molecular weight excluding hydrogens is 422 g/mol. The number of esters is 1. The van der Waals surface area contributed by atoms with E-state index in [1.54, 1.807) is 67.9 Å². The highest BCUT2D eigenvalue weighted by molar-refractivity contribution is 7.80. The Morgan fingerprint density at radius 3 is 2.53 bits per heavy atom. The summed E-state index contributed by atoms with van der Waals surface area (Å²) in [5.74, 6) is 0.608. The van der Waals surface area contributed by atoms with Gasteiger partial charge in [-0.25, -0.2) is 4.79 Å². The maximum absolute atomic E-state index is 12.3. The molecule has 30 heavy (non-hydrogen) atoms. The molecule has 0 radical (unpaired) electrons. The van der Waals surface area contributed by atoms with E-state index in [1.165, 1.54) is 0 Å². The van der Waals surface area contributed by atoms with Crippen LogP contribution in [0.3, 0.4) is 0 Å². The molecule has 0 bridgehead atoms. The van der Waals surface area contributed by atoms with Gasteiger partial charge in [-0.15, -0.1) is 0 Å². The molecule has 0 saturated heterocycles.